The van der Waals surface area contributed by atoms with E-state index in [9.17, 15) is 4.79 Å². The Bertz CT molecular complexity index is 430. The first-order chi connectivity index (χ1) is 8.13. The second kappa shape index (κ2) is 5.94. The minimum atomic E-state index is -0.328. The maximum Gasteiger partial charge on any atom is 0.274 e. The highest BCUT2D eigenvalue weighted by atomic mass is 16.2. The van der Waals surface area contributed by atoms with E-state index in [-0.39, 0.29) is 17.6 Å². The highest BCUT2D eigenvalue weighted by molar-refractivity contribution is 5.97. The Labute approximate surface area is 101 Å². The van der Waals surface area contributed by atoms with E-state index >= 15 is 0 Å². The number of amides is 1. The summed E-state index contributed by atoms with van der Waals surface area (Å²) < 4.78 is 0. The van der Waals surface area contributed by atoms with Crippen LogP contribution in [0.5, 0.6) is 0 Å². The van der Waals surface area contributed by atoms with Crippen LogP contribution in [-0.4, -0.2) is 22.1 Å². The molecule has 1 aromatic rings. The lowest BCUT2D eigenvalue weighted by molar-refractivity contribution is 0.0941. The monoisotopic (exact) mass is 234 g/mol. The van der Waals surface area contributed by atoms with Crippen molar-refractivity contribution < 1.29 is 4.79 Å². The first-order valence-corrected chi connectivity index (χ1v) is 5.73. The molecule has 0 aliphatic rings. The molecule has 17 heavy (non-hydrogen) atoms. The molecule has 1 atom stereocenters. The number of nitrogens with zero attached hydrogens (tertiary/aromatic N) is 1. The van der Waals surface area contributed by atoms with Crippen molar-refractivity contribution in [2.75, 3.05) is 5.73 Å². The number of carbonyl (C=O) groups excluding carboxylic acids is 1. The number of carbonyl (C=O) groups is 1. The van der Waals surface area contributed by atoms with Gasteiger partial charge in [0.1, 0.15) is 0 Å². The molecule has 5 nitrogen and oxygen atoms in total. The van der Waals surface area contributed by atoms with Crippen molar-refractivity contribution in [3.63, 3.8) is 0 Å². The number of nitrogens with two attached hydrogens (primary N) is 1. The Morgan fingerprint density at radius 1 is 1.65 bits per heavy atom. The normalized spacial score (nSPS) is 11.8. The van der Waals surface area contributed by atoms with Gasteiger partial charge in [-0.15, -0.1) is 6.42 Å². The minimum absolute atomic E-state index is 0.224. The van der Waals surface area contributed by atoms with Gasteiger partial charge in [-0.25, -0.2) is 0 Å². The van der Waals surface area contributed by atoms with Crippen molar-refractivity contribution in [3.05, 3.63) is 11.4 Å². The predicted molar refractivity (Wildman–Crippen MR) is 67.4 cm³/mol. The number of nitrogen functional groups attached to an aromatic ring is 1. The maximum absolute atomic E-state index is 11.8. The molecule has 0 radical (unpaired) electrons. The number of rotatable bonds is 5. The molecular weight excluding hydrogens is 216 g/mol. The summed E-state index contributed by atoms with van der Waals surface area (Å²) in [5, 5.41) is 9.39. The topological polar surface area (TPSA) is 83.8 Å². The van der Waals surface area contributed by atoms with Crippen molar-refractivity contribution in [1.82, 2.24) is 15.5 Å². The van der Waals surface area contributed by atoms with Crippen LogP contribution in [0.25, 0.3) is 0 Å². The van der Waals surface area contributed by atoms with Crippen LogP contribution in [-0.2, 0) is 6.42 Å². The molecule has 0 bridgehead atoms. The number of nitrogens with one attached hydrogen (secondary N) is 2. The zero-order valence-electron chi connectivity index (χ0n) is 10.2. The minimum Gasteiger partial charge on any atom is -0.395 e. The number of aromatic nitrogens is 2. The number of hydrogen-bond acceptors (Lipinski definition) is 3. The standard InChI is InChI=1S/C12H18N4O/c1-4-7-9-10(13)11(16-15-9)12(17)14-8(5-2)6-3/h2,8H,4,6-7,13H2,1,3H3,(H,14,17)(H,15,16). The molecule has 0 fully saturated rings. The third kappa shape index (κ3) is 3.00. The number of terminal acetylenes is 1. The Hall–Kier alpha value is -1.96. The summed E-state index contributed by atoms with van der Waals surface area (Å²) in [7, 11) is 0. The van der Waals surface area contributed by atoms with E-state index in [2.05, 4.69) is 21.4 Å². The van der Waals surface area contributed by atoms with Crippen LogP contribution in [0.1, 0.15) is 42.9 Å². The van der Waals surface area contributed by atoms with Gasteiger partial charge in [-0.05, 0) is 12.8 Å². The Kier molecular flexibility index (Phi) is 4.58. The van der Waals surface area contributed by atoms with Crippen LogP contribution < -0.4 is 11.1 Å². The Morgan fingerprint density at radius 3 is 2.88 bits per heavy atom. The molecule has 0 aromatic carbocycles. The summed E-state index contributed by atoms with van der Waals surface area (Å²) in [6, 6.07) is -0.284. The number of aromatic amines is 1. The fraction of sp³-hybridized carbons (Fsp3) is 0.500. The van der Waals surface area contributed by atoms with E-state index in [1.807, 2.05) is 13.8 Å². The van der Waals surface area contributed by atoms with E-state index in [1.54, 1.807) is 0 Å². The summed E-state index contributed by atoms with van der Waals surface area (Å²) in [6.45, 7) is 3.94. The van der Waals surface area contributed by atoms with Gasteiger partial charge < -0.3 is 11.1 Å². The first kappa shape index (κ1) is 13.1. The fourth-order valence-corrected chi connectivity index (χ4v) is 1.49. The molecule has 1 heterocycles. The summed E-state index contributed by atoms with van der Waals surface area (Å²) in [5.74, 6) is 2.17. The smallest absolute Gasteiger partial charge is 0.274 e. The molecule has 4 N–H and O–H groups in total. The second-order valence-electron chi connectivity index (χ2n) is 3.82. The van der Waals surface area contributed by atoms with Crippen LogP contribution in [0.15, 0.2) is 0 Å². The molecule has 92 valence electrons. The van der Waals surface area contributed by atoms with Crippen molar-refractivity contribution in [1.29, 1.82) is 0 Å². The van der Waals surface area contributed by atoms with Gasteiger partial charge in [0.05, 0.1) is 17.4 Å². The number of aryl methyl sites for hydroxylation is 1. The lowest BCUT2D eigenvalue weighted by Crippen LogP contribution is -2.33. The second-order valence-corrected chi connectivity index (χ2v) is 3.82. The van der Waals surface area contributed by atoms with Crippen molar-refractivity contribution in [2.45, 2.75) is 39.2 Å². The van der Waals surface area contributed by atoms with Crippen LogP contribution in [0, 0.1) is 12.3 Å². The van der Waals surface area contributed by atoms with Crippen molar-refractivity contribution in [2.24, 2.45) is 0 Å². The summed E-state index contributed by atoms with van der Waals surface area (Å²) in [6.07, 6.45) is 7.67. The van der Waals surface area contributed by atoms with Crippen molar-refractivity contribution in [3.8, 4) is 12.3 Å². The summed E-state index contributed by atoms with van der Waals surface area (Å²) >= 11 is 0. The molecule has 1 aromatic heterocycles. The van der Waals surface area contributed by atoms with E-state index in [0.29, 0.717) is 12.1 Å². The summed E-state index contributed by atoms with van der Waals surface area (Å²) in [4.78, 5) is 11.8. The molecule has 0 aliphatic heterocycles. The van der Waals surface area contributed by atoms with Crippen LogP contribution in [0.2, 0.25) is 0 Å². The highest BCUT2D eigenvalue weighted by Crippen LogP contribution is 2.15. The Balaban J connectivity index is 2.80. The first-order valence-electron chi connectivity index (χ1n) is 5.73. The van der Waals surface area contributed by atoms with Gasteiger partial charge in [0.25, 0.3) is 5.91 Å². The molecule has 5 heteroatoms. The third-order valence-corrected chi connectivity index (χ3v) is 2.51. The maximum atomic E-state index is 11.8. The zero-order chi connectivity index (χ0) is 12.8. The van der Waals surface area contributed by atoms with Crippen LogP contribution in [0.4, 0.5) is 5.69 Å². The SMILES string of the molecule is C#CC(CC)NC(=O)c1n[nH]c(CCC)c1N. The largest absolute Gasteiger partial charge is 0.395 e. The van der Waals surface area contributed by atoms with Crippen molar-refractivity contribution >= 4 is 11.6 Å². The zero-order valence-corrected chi connectivity index (χ0v) is 10.2. The van der Waals surface area contributed by atoms with Gasteiger partial charge in [-0.1, -0.05) is 26.2 Å². The number of anilines is 1. The van der Waals surface area contributed by atoms with E-state index < -0.39 is 0 Å². The van der Waals surface area contributed by atoms with Gasteiger partial charge in [-0.2, -0.15) is 5.10 Å². The summed E-state index contributed by atoms with van der Waals surface area (Å²) in [5.41, 5.74) is 7.28. The molecule has 0 spiro atoms. The fourth-order valence-electron chi connectivity index (χ4n) is 1.49. The average Bonchev–Trinajstić information content (AvgIpc) is 2.68. The molecule has 1 amide bonds. The quantitative estimate of drug-likeness (QED) is 0.667. The van der Waals surface area contributed by atoms with Gasteiger partial charge in [-0.3, -0.25) is 9.89 Å². The molecule has 0 saturated heterocycles. The predicted octanol–water partition coefficient (Wildman–Crippen LogP) is 1.09. The molecule has 1 rings (SSSR count). The van der Waals surface area contributed by atoms with Gasteiger partial charge in [0.2, 0.25) is 0 Å². The van der Waals surface area contributed by atoms with Crippen LogP contribution in [0.3, 0.4) is 0 Å². The highest BCUT2D eigenvalue weighted by Gasteiger charge is 2.18. The number of hydrogen-bond donors (Lipinski definition) is 3. The molecule has 0 saturated carbocycles. The number of H-pyrrole nitrogens is 1. The van der Waals surface area contributed by atoms with E-state index in [1.165, 1.54) is 0 Å². The van der Waals surface area contributed by atoms with E-state index in [0.717, 1.165) is 18.5 Å². The third-order valence-electron chi connectivity index (χ3n) is 2.51. The van der Waals surface area contributed by atoms with E-state index in [4.69, 9.17) is 12.2 Å². The Morgan fingerprint density at radius 2 is 2.35 bits per heavy atom. The lowest BCUT2D eigenvalue weighted by atomic mass is 10.2. The van der Waals surface area contributed by atoms with Crippen LogP contribution >= 0.6 is 0 Å². The molecule has 0 aliphatic carbocycles. The van der Waals surface area contributed by atoms with Gasteiger partial charge in [0.15, 0.2) is 5.69 Å². The lowest BCUT2D eigenvalue weighted by Gasteiger charge is -2.09. The van der Waals surface area contributed by atoms with Gasteiger partial charge in [0, 0.05) is 0 Å². The molecular formula is C12H18N4O. The molecule has 1 unspecified atom stereocenters. The average molecular weight is 234 g/mol. The van der Waals surface area contributed by atoms with Gasteiger partial charge >= 0.3 is 0 Å².